The molecule has 2 N–H and O–H groups in total. The molecule has 1 aromatic rings. The zero-order valence-corrected chi connectivity index (χ0v) is 10.1. The second-order valence-corrected chi connectivity index (χ2v) is 4.25. The van der Waals surface area contributed by atoms with Crippen LogP contribution in [0.4, 0.5) is 5.69 Å². The molecule has 4 heteroatoms. The predicted octanol–water partition coefficient (Wildman–Crippen LogP) is 1.46. The van der Waals surface area contributed by atoms with Crippen LogP contribution in [0.5, 0.6) is 0 Å². The largest absolute Gasteiger partial charge is 0.468 e. The highest BCUT2D eigenvalue weighted by molar-refractivity contribution is 5.80. The number of carbonyl (C=O) groups excluding carboxylic acids is 1. The summed E-state index contributed by atoms with van der Waals surface area (Å²) in [7, 11) is 1.36. The van der Waals surface area contributed by atoms with Crippen LogP contribution in [0.3, 0.4) is 0 Å². The first-order valence-electron chi connectivity index (χ1n) is 5.91. The SMILES string of the molecule is COC(=O)C(N)c1ccccc1N1CCCC1. The third kappa shape index (κ3) is 2.42. The van der Waals surface area contributed by atoms with Crippen molar-refractivity contribution in [1.29, 1.82) is 0 Å². The lowest BCUT2D eigenvalue weighted by Gasteiger charge is -2.23. The quantitative estimate of drug-likeness (QED) is 0.804. The molecule has 0 bridgehead atoms. The molecule has 1 atom stereocenters. The normalized spacial score (nSPS) is 16.9. The molecule has 1 unspecified atom stereocenters. The highest BCUT2D eigenvalue weighted by Crippen LogP contribution is 2.28. The average Bonchev–Trinajstić information content (AvgIpc) is 2.90. The fraction of sp³-hybridized carbons (Fsp3) is 0.462. The zero-order valence-electron chi connectivity index (χ0n) is 10.1. The molecule has 92 valence electrons. The number of rotatable bonds is 3. The number of ether oxygens (including phenoxy) is 1. The Bertz CT molecular complexity index is 400. The molecule has 0 spiro atoms. The maximum Gasteiger partial charge on any atom is 0.327 e. The van der Waals surface area contributed by atoms with Crippen molar-refractivity contribution in [2.45, 2.75) is 18.9 Å². The van der Waals surface area contributed by atoms with Gasteiger partial charge in [-0.15, -0.1) is 0 Å². The number of nitrogens with two attached hydrogens (primary N) is 1. The molecule has 1 aromatic carbocycles. The van der Waals surface area contributed by atoms with Gasteiger partial charge in [0, 0.05) is 24.3 Å². The van der Waals surface area contributed by atoms with E-state index in [-0.39, 0.29) is 0 Å². The summed E-state index contributed by atoms with van der Waals surface area (Å²) in [6, 6.07) is 7.09. The Hall–Kier alpha value is -1.55. The van der Waals surface area contributed by atoms with E-state index in [2.05, 4.69) is 4.90 Å². The molecule has 2 rings (SSSR count). The van der Waals surface area contributed by atoms with Crippen molar-refractivity contribution in [1.82, 2.24) is 0 Å². The van der Waals surface area contributed by atoms with Gasteiger partial charge in [-0.25, -0.2) is 0 Å². The van der Waals surface area contributed by atoms with E-state index < -0.39 is 12.0 Å². The molecule has 17 heavy (non-hydrogen) atoms. The number of hydrogen-bond acceptors (Lipinski definition) is 4. The molecule has 0 aliphatic carbocycles. The van der Waals surface area contributed by atoms with Gasteiger partial charge >= 0.3 is 5.97 Å². The van der Waals surface area contributed by atoms with Crippen LogP contribution in [0, 0.1) is 0 Å². The first-order chi connectivity index (χ1) is 8.24. The van der Waals surface area contributed by atoms with Crippen LogP contribution in [0.2, 0.25) is 0 Å². The summed E-state index contributed by atoms with van der Waals surface area (Å²) in [6.07, 6.45) is 2.39. The summed E-state index contributed by atoms with van der Waals surface area (Å²) in [5.41, 5.74) is 7.82. The first-order valence-corrected chi connectivity index (χ1v) is 5.91. The van der Waals surface area contributed by atoms with E-state index in [0.29, 0.717) is 0 Å². The first kappa shape index (κ1) is 11.9. The monoisotopic (exact) mass is 234 g/mol. The van der Waals surface area contributed by atoms with Crippen LogP contribution < -0.4 is 10.6 Å². The van der Waals surface area contributed by atoms with E-state index in [4.69, 9.17) is 10.5 Å². The van der Waals surface area contributed by atoms with E-state index >= 15 is 0 Å². The molecule has 1 heterocycles. The number of carbonyl (C=O) groups is 1. The molecule has 1 aliphatic heterocycles. The summed E-state index contributed by atoms with van der Waals surface area (Å²) in [5, 5.41) is 0. The van der Waals surface area contributed by atoms with Gasteiger partial charge in [-0.1, -0.05) is 18.2 Å². The molecule has 1 aliphatic rings. The molecule has 0 aromatic heterocycles. The van der Waals surface area contributed by atoms with Gasteiger partial charge in [0.2, 0.25) is 0 Å². The van der Waals surface area contributed by atoms with Gasteiger partial charge in [0.05, 0.1) is 7.11 Å². The van der Waals surface area contributed by atoms with E-state index in [9.17, 15) is 4.79 Å². The molecule has 4 nitrogen and oxygen atoms in total. The Morgan fingerprint density at radius 3 is 2.65 bits per heavy atom. The minimum Gasteiger partial charge on any atom is -0.468 e. The highest BCUT2D eigenvalue weighted by Gasteiger charge is 2.23. The van der Waals surface area contributed by atoms with Crippen molar-refractivity contribution in [3.05, 3.63) is 29.8 Å². The summed E-state index contributed by atoms with van der Waals surface area (Å²) in [6.45, 7) is 2.07. The van der Waals surface area contributed by atoms with E-state index in [0.717, 1.165) is 24.3 Å². The number of anilines is 1. The number of para-hydroxylation sites is 1. The van der Waals surface area contributed by atoms with Crippen molar-refractivity contribution in [2.24, 2.45) is 5.73 Å². The Morgan fingerprint density at radius 2 is 2.00 bits per heavy atom. The lowest BCUT2D eigenvalue weighted by atomic mass is 10.0. The van der Waals surface area contributed by atoms with Crippen molar-refractivity contribution >= 4 is 11.7 Å². The minimum absolute atomic E-state index is 0.392. The summed E-state index contributed by atoms with van der Waals surface area (Å²) in [4.78, 5) is 13.8. The fourth-order valence-corrected chi connectivity index (χ4v) is 2.25. The topological polar surface area (TPSA) is 55.6 Å². The predicted molar refractivity (Wildman–Crippen MR) is 66.8 cm³/mol. The third-order valence-electron chi connectivity index (χ3n) is 3.17. The number of hydrogen-bond donors (Lipinski definition) is 1. The van der Waals surface area contributed by atoms with Crippen LogP contribution in [-0.4, -0.2) is 26.2 Å². The third-order valence-corrected chi connectivity index (χ3v) is 3.17. The lowest BCUT2D eigenvalue weighted by molar-refractivity contribution is -0.142. The molecule has 0 radical (unpaired) electrons. The van der Waals surface area contributed by atoms with Crippen molar-refractivity contribution in [3.8, 4) is 0 Å². The Kier molecular flexibility index (Phi) is 3.64. The van der Waals surface area contributed by atoms with Crippen molar-refractivity contribution in [3.63, 3.8) is 0 Å². The fourth-order valence-electron chi connectivity index (χ4n) is 2.25. The maximum absolute atomic E-state index is 11.5. The smallest absolute Gasteiger partial charge is 0.327 e. The molecular weight excluding hydrogens is 216 g/mol. The van der Waals surface area contributed by atoms with E-state index in [1.807, 2.05) is 24.3 Å². The van der Waals surface area contributed by atoms with Crippen LogP contribution in [0.15, 0.2) is 24.3 Å². The maximum atomic E-state index is 11.5. The summed E-state index contributed by atoms with van der Waals surface area (Å²) >= 11 is 0. The van der Waals surface area contributed by atoms with Gasteiger partial charge in [-0.3, -0.25) is 4.79 Å². The van der Waals surface area contributed by atoms with Crippen molar-refractivity contribution in [2.75, 3.05) is 25.1 Å². The number of benzene rings is 1. The molecule has 0 saturated carbocycles. The van der Waals surface area contributed by atoms with Gasteiger partial charge in [-0.2, -0.15) is 0 Å². The number of methoxy groups -OCH3 is 1. The van der Waals surface area contributed by atoms with Gasteiger partial charge < -0.3 is 15.4 Å². The number of nitrogens with zero attached hydrogens (tertiary/aromatic N) is 1. The lowest BCUT2D eigenvalue weighted by Crippen LogP contribution is -2.27. The Morgan fingerprint density at radius 1 is 1.35 bits per heavy atom. The number of esters is 1. The highest BCUT2D eigenvalue weighted by atomic mass is 16.5. The standard InChI is InChI=1S/C13H18N2O2/c1-17-13(16)12(14)10-6-2-3-7-11(10)15-8-4-5-9-15/h2-3,6-7,12H,4-5,8-9,14H2,1H3. The molecule has 1 fully saturated rings. The van der Waals surface area contributed by atoms with E-state index in [1.165, 1.54) is 20.0 Å². The van der Waals surface area contributed by atoms with Crippen LogP contribution in [0.1, 0.15) is 24.4 Å². The zero-order chi connectivity index (χ0) is 12.3. The van der Waals surface area contributed by atoms with Crippen LogP contribution in [0.25, 0.3) is 0 Å². The molecule has 0 amide bonds. The average molecular weight is 234 g/mol. The minimum atomic E-state index is -0.697. The van der Waals surface area contributed by atoms with Gasteiger partial charge in [0.1, 0.15) is 6.04 Å². The summed E-state index contributed by atoms with van der Waals surface area (Å²) in [5.74, 6) is -0.392. The van der Waals surface area contributed by atoms with Gasteiger partial charge in [0.25, 0.3) is 0 Å². The van der Waals surface area contributed by atoms with Crippen molar-refractivity contribution < 1.29 is 9.53 Å². The van der Waals surface area contributed by atoms with E-state index in [1.54, 1.807) is 0 Å². The van der Waals surface area contributed by atoms with Gasteiger partial charge in [-0.05, 0) is 18.9 Å². The second-order valence-electron chi connectivity index (χ2n) is 4.25. The Balaban J connectivity index is 2.29. The van der Waals surface area contributed by atoms with Crippen LogP contribution in [-0.2, 0) is 9.53 Å². The van der Waals surface area contributed by atoms with Crippen LogP contribution >= 0.6 is 0 Å². The molecule has 1 saturated heterocycles. The molecular formula is C13H18N2O2. The summed E-state index contributed by atoms with van der Waals surface area (Å²) < 4.78 is 4.70. The Labute approximate surface area is 101 Å². The van der Waals surface area contributed by atoms with Gasteiger partial charge in [0.15, 0.2) is 0 Å². The second kappa shape index (κ2) is 5.19.